The molecule has 1 aromatic carbocycles. The van der Waals surface area contributed by atoms with Gasteiger partial charge in [0.1, 0.15) is 6.04 Å². The highest BCUT2D eigenvalue weighted by Gasteiger charge is 2.37. The first-order valence-electron chi connectivity index (χ1n) is 6.68. The number of carbonyl (C=O) groups excluding carboxylic acids is 4. The highest BCUT2D eigenvalue weighted by atomic mass is 19.2. The minimum atomic E-state index is -1.87. The van der Waals surface area contributed by atoms with Crippen molar-refractivity contribution in [3.05, 3.63) is 28.6 Å². The van der Waals surface area contributed by atoms with Crippen LogP contribution in [0.15, 0.2) is 0 Å². The standard InChI is InChI=1S/C14H11F3N2O5/c1-5-8(10(16)12(22)11(17)9(5)15)14(24)19(4-20)6-2-3-7(21)18-13(6)23/h4,6,22H,2-3H2,1H3,(H,18,21,23). The Morgan fingerprint density at radius 3 is 2.42 bits per heavy atom. The molecule has 0 radical (unpaired) electrons. The summed E-state index contributed by atoms with van der Waals surface area (Å²) in [5.74, 6) is -10.0. The summed E-state index contributed by atoms with van der Waals surface area (Å²) in [6, 6.07) is -1.42. The Kier molecular flexibility index (Phi) is 4.58. The Balaban J connectivity index is 2.49. The number of imide groups is 2. The van der Waals surface area contributed by atoms with Crippen LogP contribution in [0.3, 0.4) is 0 Å². The number of phenolic OH excluding ortho intramolecular Hbond substituents is 1. The second-order valence-corrected chi connectivity index (χ2v) is 5.08. The smallest absolute Gasteiger partial charge is 0.264 e. The molecule has 10 heteroatoms. The summed E-state index contributed by atoms with van der Waals surface area (Å²) in [5.41, 5.74) is -1.85. The first-order chi connectivity index (χ1) is 11.2. The fourth-order valence-corrected chi connectivity index (χ4v) is 2.35. The van der Waals surface area contributed by atoms with Crippen molar-refractivity contribution in [2.24, 2.45) is 0 Å². The number of hydrogen-bond acceptors (Lipinski definition) is 5. The minimum absolute atomic E-state index is 0.0838. The number of aromatic hydroxyl groups is 1. The molecule has 1 heterocycles. The van der Waals surface area contributed by atoms with Crippen LogP contribution in [0.5, 0.6) is 5.75 Å². The maximum absolute atomic E-state index is 14.0. The second kappa shape index (κ2) is 6.30. The summed E-state index contributed by atoms with van der Waals surface area (Å²) in [7, 11) is 0. The van der Waals surface area contributed by atoms with Crippen LogP contribution in [0.25, 0.3) is 0 Å². The first kappa shape index (κ1) is 17.4. The largest absolute Gasteiger partial charge is 0.503 e. The van der Waals surface area contributed by atoms with E-state index in [4.69, 9.17) is 0 Å². The zero-order valence-corrected chi connectivity index (χ0v) is 12.2. The predicted octanol–water partition coefficient (Wildman–Crippen LogP) is 0.522. The van der Waals surface area contributed by atoms with Crippen LogP contribution in [-0.2, 0) is 14.4 Å². The molecule has 0 spiro atoms. The van der Waals surface area contributed by atoms with Gasteiger partial charge in [0.15, 0.2) is 17.4 Å². The number of halogens is 3. The third kappa shape index (κ3) is 2.70. The lowest BCUT2D eigenvalue weighted by Gasteiger charge is -2.28. The van der Waals surface area contributed by atoms with Crippen LogP contribution in [0.4, 0.5) is 13.2 Å². The number of benzene rings is 1. The number of carbonyl (C=O) groups is 4. The Hall–Kier alpha value is -2.91. The van der Waals surface area contributed by atoms with Gasteiger partial charge < -0.3 is 5.11 Å². The zero-order chi connectivity index (χ0) is 18.2. The van der Waals surface area contributed by atoms with Crippen molar-refractivity contribution in [3.8, 4) is 5.75 Å². The van der Waals surface area contributed by atoms with Gasteiger partial charge in [-0.3, -0.25) is 29.4 Å². The van der Waals surface area contributed by atoms with E-state index in [1.807, 2.05) is 5.32 Å². The summed E-state index contributed by atoms with van der Waals surface area (Å²) >= 11 is 0. The zero-order valence-electron chi connectivity index (χ0n) is 12.2. The number of amides is 4. The van der Waals surface area contributed by atoms with Crippen LogP contribution in [0.1, 0.15) is 28.8 Å². The molecule has 1 aromatic rings. The van der Waals surface area contributed by atoms with Crippen molar-refractivity contribution in [1.29, 1.82) is 0 Å². The first-order valence-corrected chi connectivity index (χ1v) is 6.68. The molecule has 0 bridgehead atoms. The lowest BCUT2D eigenvalue weighted by molar-refractivity contribution is -0.139. The fourth-order valence-electron chi connectivity index (χ4n) is 2.35. The number of nitrogens with zero attached hydrogens (tertiary/aromatic N) is 1. The van der Waals surface area contributed by atoms with Gasteiger partial charge in [-0.1, -0.05) is 0 Å². The number of phenols is 1. The average Bonchev–Trinajstić information content (AvgIpc) is 2.54. The molecule has 1 unspecified atom stereocenters. The number of hydrogen-bond donors (Lipinski definition) is 2. The van der Waals surface area contributed by atoms with Crippen LogP contribution < -0.4 is 5.32 Å². The Labute approximate surface area is 133 Å². The lowest BCUT2D eigenvalue weighted by atomic mass is 10.0. The van der Waals surface area contributed by atoms with Crippen LogP contribution in [0, 0.1) is 24.4 Å². The lowest BCUT2D eigenvalue weighted by Crippen LogP contribution is -2.54. The van der Waals surface area contributed by atoms with Gasteiger partial charge >= 0.3 is 0 Å². The van der Waals surface area contributed by atoms with E-state index >= 15 is 0 Å². The topological polar surface area (TPSA) is 104 Å². The molecule has 128 valence electrons. The Morgan fingerprint density at radius 2 is 1.88 bits per heavy atom. The van der Waals surface area contributed by atoms with Crippen LogP contribution >= 0.6 is 0 Å². The van der Waals surface area contributed by atoms with Gasteiger partial charge in [-0.2, -0.15) is 4.39 Å². The highest BCUT2D eigenvalue weighted by molar-refractivity contribution is 6.07. The summed E-state index contributed by atoms with van der Waals surface area (Å²) in [6.07, 6.45) is -0.455. The van der Waals surface area contributed by atoms with Gasteiger partial charge in [0, 0.05) is 12.0 Å². The molecule has 0 saturated carbocycles. The maximum atomic E-state index is 14.0. The molecule has 2 rings (SSSR count). The quantitative estimate of drug-likeness (QED) is 0.473. The number of nitrogens with one attached hydrogen (secondary N) is 1. The van der Waals surface area contributed by atoms with Crippen LogP contribution in [-0.4, -0.2) is 40.2 Å². The summed E-state index contributed by atoms with van der Waals surface area (Å²) in [6.45, 7) is 0.877. The Morgan fingerprint density at radius 1 is 1.25 bits per heavy atom. The molecule has 7 nitrogen and oxygen atoms in total. The third-order valence-electron chi connectivity index (χ3n) is 3.64. The van der Waals surface area contributed by atoms with Crippen molar-refractivity contribution < 1.29 is 37.5 Å². The number of rotatable bonds is 3. The van der Waals surface area contributed by atoms with Crippen molar-refractivity contribution in [1.82, 2.24) is 10.2 Å². The molecule has 2 N–H and O–H groups in total. The van der Waals surface area contributed by atoms with Crippen molar-refractivity contribution in [2.45, 2.75) is 25.8 Å². The highest BCUT2D eigenvalue weighted by Crippen LogP contribution is 2.30. The van der Waals surface area contributed by atoms with Gasteiger partial charge in [-0.05, 0) is 13.3 Å². The van der Waals surface area contributed by atoms with E-state index in [-0.39, 0.29) is 24.2 Å². The van der Waals surface area contributed by atoms with Gasteiger partial charge in [0.2, 0.25) is 24.0 Å². The molecular formula is C14H11F3N2O5. The maximum Gasteiger partial charge on any atom is 0.264 e. The van der Waals surface area contributed by atoms with E-state index in [1.165, 1.54) is 0 Å². The molecular weight excluding hydrogens is 333 g/mol. The van der Waals surface area contributed by atoms with Gasteiger partial charge in [-0.15, -0.1) is 0 Å². The average molecular weight is 344 g/mol. The van der Waals surface area contributed by atoms with E-state index in [1.54, 1.807) is 0 Å². The van der Waals surface area contributed by atoms with E-state index in [9.17, 15) is 37.5 Å². The molecule has 1 atom stereocenters. The van der Waals surface area contributed by atoms with E-state index < -0.39 is 58.1 Å². The summed E-state index contributed by atoms with van der Waals surface area (Å²) in [5, 5.41) is 11.1. The molecule has 4 amide bonds. The van der Waals surface area contributed by atoms with Crippen LogP contribution in [0.2, 0.25) is 0 Å². The Bertz CT molecular complexity index is 736. The summed E-state index contributed by atoms with van der Waals surface area (Å²) < 4.78 is 40.9. The molecule has 0 aromatic heterocycles. The summed E-state index contributed by atoms with van der Waals surface area (Å²) in [4.78, 5) is 46.6. The van der Waals surface area contributed by atoms with E-state index in [0.717, 1.165) is 6.92 Å². The van der Waals surface area contributed by atoms with E-state index in [0.29, 0.717) is 0 Å². The predicted molar refractivity (Wildman–Crippen MR) is 71.1 cm³/mol. The fraction of sp³-hybridized carbons (Fsp3) is 0.286. The van der Waals surface area contributed by atoms with Crippen molar-refractivity contribution in [2.75, 3.05) is 0 Å². The normalized spacial score (nSPS) is 17.4. The minimum Gasteiger partial charge on any atom is -0.503 e. The second-order valence-electron chi connectivity index (χ2n) is 5.08. The van der Waals surface area contributed by atoms with Gasteiger partial charge in [-0.25, -0.2) is 8.78 Å². The molecule has 0 aliphatic carbocycles. The monoisotopic (exact) mass is 344 g/mol. The molecule has 1 saturated heterocycles. The van der Waals surface area contributed by atoms with Crippen molar-refractivity contribution >= 4 is 24.1 Å². The molecule has 24 heavy (non-hydrogen) atoms. The molecule has 1 aliphatic heterocycles. The third-order valence-corrected chi connectivity index (χ3v) is 3.64. The van der Waals surface area contributed by atoms with Gasteiger partial charge in [0.05, 0.1) is 5.56 Å². The molecule has 1 aliphatic rings. The van der Waals surface area contributed by atoms with Gasteiger partial charge in [0.25, 0.3) is 5.91 Å². The molecule has 1 fully saturated rings. The van der Waals surface area contributed by atoms with E-state index in [2.05, 4.69) is 0 Å². The van der Waals surface area contributed by atoms with Crippen molar-refractivity contribution in [3.63, 3.8) is 0 Å². The number of piperidine rings is 1. The SMILES string of the molecule is Cc1c(F)c(F)c(O)c(F)c1C(=O)N(C=O)C1CCC(=O)NC1=O.